The molecule has 0 radical (unpaired) electrons. The summed E-state index contributed by atoms with van der Waals surface area (Å²) in [4.78, 5) is 24.2. The zero-order chi connectivity index (χ0) is 17.1. The number of halogens is 1. The molecule has 1 aliphatic rings. The number of aliphatic hydroxyl groups is 1. The average Bonchev–Trinajstić information content (AvgIpc) is 3.07. The van der Waals surface area contributed by atoms with Crippen molar-refractivity contribution in [3.05, 3.63) is 46.2 Å². The highest BCUT2D eigenvalue weighted by molar-refractivity contribution is 7.12. The third-order valence-corrected chi connectivity index (χ3v) is 5.04. The molecule has 2 amide bonds. The highest BCUT2D eigenvalue weighted by Crippen LogP contribution is 2.28. The van der Waals surface area contributed by atoms with Crippen LogP contribution in [-0.2, 0) is 0 Å². The molecular weight excluding hydrogens is 362 g/mol. The second-order valence-corrected chi connectivity index (χ2v) is 6.66. The zero-order valence-corrected chi connectivity index (χ0v) is 15.0. The van der Waals surface area contributed by atoms with Crippen LogP contribution in [0.1, 0.15) is 26.5 Å². The van der Waals surface area contributed by atoms with Crippen molar-refractivity contribution in [1.82, 2.24) is 10.6 Å². The van der Waals surface area contributed by atoms with Crippen LogP contribution in [0.4, 0.5) is 0 Å². The maximum absolute atomic E-state index is 12.3. The van der Waals surface area contributed by atoms with E-state index in [-0.39, 0.29) is 24.4 Å². The molecule has 8 heteroatoms. The van der Waals surface area contributed by atoms with Crippen LogP contribution in [-0.4, -0.2) is 42.2 Å². The lowest BCUT2D eigenvalue weighted by molar-refractivity contribution is 0.0765. The number of benzene rings is 1. The van der Waals surface area contributed by atoms with Crippen molar-refractivity contribution >= 4 is 35.6 Å². The van der Waals surface area contributed by atoms with Gasteiger partial charge in [-0.2, -0.15) is 0 Å². The maximum Gasteiger partial charge on any atom is 0.259 e. The molecule has 2 atom stereocenters. The number of nitrogens with two attached hydrogens (primary N) is 1. The van der Waals surface area contributed by atoms with E-state index < -0.39 is 12.0 Å². The Kier molecular flexibility index (Phi) is 6.55. The second kappa shape index (κ2) is 8.44. The molecule has 1 aromatic heterocycles. The molecule has 2 aromatic rings. The number of carbonyl (C=O) groups excluding carboxylic acids is 2. The minimum atomic E-state index is -0.578. The summed E-state index contributed by atoms with van der Waals surface area (Å²) < 4.78 is 0. The number of β-amino-alcohol motifs (C(OH)–C–C–N with tert-alkyl or cyclic N) is 1. The number of rotatable bonds is 4. The van der Waals surface area contributed by atoms with Crippen molar-refractivity contribution in [3.63, 3.8) is 0 Å². The third kappa shape index (κ3) is 4.38. The summed E-state index contributed by atoms with van der Waals surface area (Å²) in [5.74, 6) is -0.672. The highest BCUT2D eigenvalue weighted by atomic mass is 35.5. The first kappa shape index (κ1) is 19.4. The van der Waals surface area contributed by atoms with Crippen LogP contribution in [0.2, 0.25) is 0 Å². The Labute approximate surface area is 155 Å². The number of piperidine rings is 1. The van der Waals surface area contributed by atoms with E-state index in [1.165, 1.54) is 11.3 Å². The van der Waals surface area contributed by atoms with Gasteiger partial charge in [0.05, 0.1) is 17.0 Å². The maximum atomic E-state index is 12.3. The molecule has 134 valence electrons. The van der Waals surface area contributed by atoms with Gasteiger partial charge in [-0.05, 0) is 42.1 Å². The predicted molar refractivity (Wildman–Crippen MR) is 100 cm³/mol. The summed E-state index contributed by atoms with van der Waals surface area (Å²) in [5, 5.41) is 17.7. The number of amides is 2. The van der Waals surface area contributed by atoms with Crippen molar-refractivity contribution in [2.24, 2.45) is 5.73 Å². The van der Waals surface area contributed by atoms with Gasteiger partial charge >= 0.3 is 0 Å². The van der Waals surface area contributed by atoms with E-state index in [4.69, 9.17) is 5.73 Å². The molecule has 1 saturated heterocycles. The first-order valence-electron chi connectivity index (χ1n) is 7.73. The number of carbonyl (C=O) groups is 2. The monoisotopic (exact) mass is 381 g/mol. The number of aliphatic hydroxyl groups excluding tert-OH is 1. The molecule has 6 nitrogen and oxygen atoms in total. The highest BCUT2D eigenvalue weighted by Gasteiger charge is 2.24. The molecule has 0 bridgehead atoms. The van der Waals surface area contributed by atoms with Gasteiger partial charge in [-0.3, -0.25) is 9.59 Å². The van der Waals surface area contributed by atoms with Crippen LogP contribution in [0.25, 0.3) is 11.1 Å². The Bertz CT molecular complexity index is 748. The van der Waals surface area contributed by atoms with Crippen molar-refractivity contribution in [2.45, 2.75) is 18.6 Å². The van der Waals surface area contributed by atoms with Gasteiger partial charge in [0, 0.05) is 17.7 Å². The summed E-state index contributed by atoms with van der Waals surface area (Å²) in [6, 6.07) is 8.61. The predicted octanol–water partition coefficient (Wildman–Crippen LogP) is 1.39. The zero-order valence-electron chi connectivity index (χ0n) is 13.4. The number of thiophene rings is 1. The van der Waals surface area contributed by atoms with Gasteiger partial charge in [0.25, 0.3) is 11.8 Å². The van der Waals surface area contributed by atoms with Gasteiger partial charge in [-0.1, -0.05) is 12.1 Å². The third-order valence-electron chi connectivity index (χ3n) is 4.11. The molecule has 0 spiro atoms. The molecule has 1 fully saturated rings. The molecular formula is C17H20ClN3O3S. The number of hydrogen-bond acceptors (Lipinski definition) is 5. The number of nitrogens with one attached hydrogen (secondary N) is 2. The average molecular weight is 382 g/mol. The molecule has 1 aromatic carbocycles. The van der Waals surface area contributed by atoms with Gasteiger partial charge in [0.1, 0.15) is 0 Å². The Balaban J connectivity index is 0.00000225. The molecule has 0 aliphatic carbocycles. The Morgan fingerprint density at radius 1 is 1.24 bits per heavy atom. The minimum absolute atomic E-state index is 0. The fourth-order valence-electron chi connectivity index (χ4n) is 2.79. The Morgan fingerprint density at radius 2 is 1.96 bits per heavy atom. The Morgan fingerprint density at radius 3 is 2.60 bits per heavy atom. The van der Waals surface area contributed by atoms with Crippen molar-refractivity contribution in [2.75, 3.05) is 13.1 Å². The summed E-state index contributed by atoms with van der Waals surface area (Å²) in [6.45, 7) is 1.26. The van der Waals surface area contributed by atoms with E-state index in [2.05, 4.69) is 10.6 Å². The van der Waals surface area contributed by atoms with Gasteiger partial charge in [0.15, 0.2) is 0 Å². The van der Waals surface area contributed by atoms with Crippen LogP contribution in [0.5, 0.6) is 0 Å². The lowest BCUT2D eigenvalue weighted by atomic mass is 10.0. The van der Waals surface area contributed by atoms with E-state index in [1.54, 1.807) is 24.3 Å². The van der Waals surface area contributed by atoms with Crippen LogP contribution >= 0.6 is 23.7 Å². The summed E-state index contributed by atoms with van der Waals surface area (Å²) in [5.41, 5.74) is 7.49. The smallest absolute Gasteiger partial charge is 0.259 e. The summed E-state index contributed by atoms with van der Waals surface area (Å²) in [7, 11) is 0. The van der Waals surface area contributed by atoms with E-state index in [0.29, 0.717) is 23.4 Å². The lowest BCUT2D eigenvalue weighted by Gasteiger charge is -2.29. The normalized spacial score (nSPS) is 19.7. The molecule has 3 rings (SSSR count). The first-order chi connectivity index (χ1) is 11.6. The molecule has 5 N–H and O–H groups in total. The van der Waals surface area contributed by atoms with E-state index in [9.17, 15) is 14.7 Å². The second-order valence-electron chi connectivity index (χ2n) is 5.75. The number of primary amides is 1. The van der Waals surface area contributed by atoms with Crippen molar-refractivity contribution in [1.29, 1.82) is 0 Å². The Hall–Kier alpha value is -1.93. The largest absolute Gasteiger partial charge is 0.390 e. The van der Waals surface area contributed by atoms with Crippen LogP contribution in [0.15, 0.2) is 35.7 Å². The van der Waals surface area contributed by atoms with Gasteiger partial charge in [-0.25, -0.2) is 0 Å². The van der Waals surface area contributed by atoms with Crippen molar-refractivity contribution in [3.8, 4) is 11.1 Å². The quantitative estimate of drug-likeness (QED) is 0.642. The van der Waals surface area contributed by atoms with E-state index in [0.717, 1.165) is 17.7 Å². The standard InChI is InChI=1S/C17H19N3O3S.ClH/c18-16(22)15-12(6-8-24-15)10-1-3-11(4-2-10)17(23)20-13-5-7-19-9-14(13)21;/h1-4,6,8,13-14,19,21H,5,7,9H2,(H2,18,22)(H,20,23);1H/t13-,14-;/m1./s1. The molecule has 1 aliphatic heterocycles. The van der Waals surface area contributed by atoms with Crippen LogP contribution < -0.4 is 16.4 Å². The summed E-state index contributed by atoms with van der Waals surface area (Å²) >= 11 is 1.30. The van der Waals surface area contributed by atoms with Gasteiger partial charge in [0.2, 0.25) is 0 Å². The van der Waals surface area contributed by atoms with E-state index in [1.807, 2.05) is 11.4 Å². The summed E-state index contributed by atoms with van der Waals surface area (Å²) in [6.07, 6.45) is 0.118. The van der Waals surface area contributed by atoms with Gasteiger partial charge in [-0.15, -0.1) is 23.7 Å². The fourth-order valence-corrected chi connectivity index (χ4v) is 3.56. The molecule has 25 heavy (non-hydrogen) atoms. The SMILES string of the molecule is Cl.NC(=O)c1sccc1-c1ccc(C(=O)N[C@@H]2CCNC[C@H]2O)cc1. The first-order valence-corrected chi connectivity index (χ1v) is 8.61. The molecule has 2 heterocycles. The molecule has 0 saturated carbocycles. The van der Waals surface area contributed by atoms with E-state index >= 15 is 0 Å². The van der Waals surface area contributed by atoms with Gasteiger partial charge < -0.3 is 21.5 Å². The minimum Gasteiger partial charge on any atom is -0.390 e. The fraction of sp³-hybridized carbons (Fsp3) is 0.294. The molecule has 0 unspecified atom stereocenters. The van der Waals surface area contributed by atoms with Crippen LogP contribution in [0.3, 0.4) is 0 Å². The topological polar surface area (TPSA) is 104 Å². The van der Waals surface area contributed by atoms with Crippen molar-refractivity contribution < 1.29 is 14.7 Å². The number of hydrogen-bond donors (Lipinski definition) is 4. The van der Waals surface area contributed by atoms with Crippen LogP contribution in [0, 0.1) is 0 Å². The lowest BCUT2D eigenvalue weighted by Crippen LogP contribution is -2.52.